The highest BCUT2D eigenvalue weighted by molar-refractivity contribution is 6.31. The van der Waals surface area contributed by atoms with Gasteiger partial charge in [0.1, 0.15) is 5.10 Å². The maximum absolute atomic E-state index is 10.3. The highest BCUT2D eigenvalue weighted by Crippen LogP contribution is 2.22. The monoisotopic (exact) mass is 190 g/mol. The lowest BCUT2D eigenvalue weighted by Crippen LogP contribution is -2.02. The van der Waals surface area contributed by atoms with Crippen LogP contribution in [-0.4, -0.2) is 19.9 Å². The molecular weight excluding hydrogens is 184 g/mol. The van der Waals surface area contributed by atoms with Crippen LogP contribution in [0.3, 0.4) is 0 Å². The average molecular weight is 191 g/mol. The summed E-state index contributed by atoms with van der Waals surface area (Å²) in [5.41, 5.74) is 0. The summed E-state index contributed by atoms with van der Waals surface area (Å²) < 4.78 is 1.29. The molecule has 12 heavy (non-hydrogen) atoms. The molecule has 1 aromatic rings. The summed E-state index contributed by atoms with van der Waals surface area (Å²) in [5.74, 6) is -0.398. The van der Waals surface area contributed by atoms with Crippen molar-refractivity contribution in [3.05, 3.63) is 15.3 Å². The van der Waals surface area contributed by atoms with Crippen molar-refractivity contribution in [1.82, 2.24) is 15.0 Å². The second kappa shape index (κ2) is 3.06. The Morgan fingerprint density at radius 3 is 2.50 bits per heavy atom. The van der Waals surface area contributed by atoms with E-state index in [0.717, 1.165) is 0 Å². The van der Waals surface area contributed by atoms with Gasteiger partial charge in [0.25, 0.3) is 0 Å². The molecule has 0 amide bonds. The first-order valence-corrected chi connectivity index (χ1v) is 3.67. The standard InChI is InChI=1S/C5H7ClN4O2/c1-3(2)9-4(6)5(7-8-9)10(11)12/h3H,1-2H3. The van der Waals surface area contributed by atoms with Gasteiger partial charge in [0, 0.05) is 0 Å². The number of aromatic nitrogens is 3. The SMILES string of the molecule is CC(C)n1nnc([N+](=O)[O-])c1Cl. The molecule has 0 spiro atoms. The lowest BCUT2D eigenvalue weighted by molar-refractivity contribution is -0.389. The van der Waals surface area contributed by atoms with Gasteiger partial charge in [-0.1, -0.05) is 11.6 Å². The quantitative estimate of drug-likeness (QED) is 0.522. The predicted octanol–water partition coefficient (Wildman–Crippen LogP) is 1.42. The van der Waals surface area contributed by atoms with Crippen LogP contribution >= 0.6 is 11.6 Å². The third-order valence-corrected chi connectivity index (χ3v) is 1.63. The van der Waals surface area contributed by atoms with Crippen molar-refractivity contribution >= 4 is 17.4 Å². The molecular formula is C5H7ClN4O2. The lowest BCUT2D eigenvalue weighted by atomic mass is 10.4. The zero-order chi connectivity index (χ0) is 9.30. The molecule has 0 radical (unpaired) electrons. The minimum atomic E-state index is -0.659. The van der Waals surface area contributed by atoms with Crippen molar-refractivity contribution in [1.29, 1.82) is 0 Å². The van der Waals surface area contributed by atoms with E-state index in [9.17, 15) is 10.1 Å². The van der Waals surface area contributed by atoms with Crippen molar-refractivity contribution in [3.8, 4) is 0 Å². The fraction of sp³-hybridized carbons (Fsp3) is 0.600. The third kappa shape index (κ3) is 1.38. The van der Waals surface area contributed by atoms with Crippen molar-refractivity contribution in [2.75, 3.05) is 0 Å². The molecule has 0 aliphatic carbocycles. The summed E-state index contributed by atoms with van der Waals surface area (Å²) in [5, 5.41) is 17.1. The normalized spacial score (nSPS) is 10.7. The lowest BCUT2D eigenvalue weighted by Gasteiger charge is -2.01. The molecule has 0 saturated heterocycles. The van der Waals surface area contributed by atoms with Gasteiger partial charge in [-0.2, -0.15) is 0 Å². The van der Waals surface area contributed by atoms with Crippen LogP contribution in [0.5, 0.6) is 0 Å². The molecule has 6 nitrogen and oxygen atoms in total. The van der Waals surface area contributed by atoms with E-state index in [1.54, 1.807) is 0 Å². The van der Waals surface area contributed by atoms with E-state index in [1.165, 1.54) is 4.68 Å². The Balaban J connectivity index is 3.13. The van der Waals surface area contributed by atoms with Gasteiger partial charge in [0.05, 0.1) is 11.3 Å². The first-order valence-electron chi connectivity index (χ1n) is 3.29. The van der Waals surface area contributed by atoms with Gasteiger partial charge < -0.3 is 10.1 Å². The average Bonchev–Trinajstić information content (AvgIpc) is 2.30. The number of hydrogen-bond acceptors (Lipinski definition) is 4. The highest BCUT2D eigenvalue weighted by atomic mass is 35.5. The molecule has 1 aromatic heterocycles. The summed E-state index contributed by atoms with van der Waals surface area (Å²) in [7, 11) is 0. The zero-order valence-electron chi connectivity index (χ0n) is 6.56. The largest absolute Gasteiger partial charge is 0.429 e. The highest BCUT2D eigenvalue weighted by Gasteiger charge is 2.22. The molecule has 0 aromatic carbocycles. The molecule has 66 valence electrons. The first-order chi connectivity index (χ1) is 5.54. The smallest absolute Gasteiger partial charge is 0.358 e. The summed E-state index contributed by atoms with van der Waals surface area (Å²) in [6, 6.07) is -0.0290. The van der Waals surface area contributed by atoms with E-state index in [0.29, 0.717) is 0 Å². The Kier molecular flexibility index (Phi) is 2.27. The summed E-state index contributed by atoms with van der Waals surface area (Å²) >= 11 is 5.61. The number of nitrogens with zero attached hydrogens (tertiary/aromatic N) is 4. The Hall–Kier alpha value is -1.17. The van der Waals surface area contributed by atoms with Crippen LogP contribution in [0, 0.1) is 10.1 Å². The zero-order valence-corrected chi connectivity index (χ0v) is 7.32. The van der Waals surface area contributed by atoms with Crippen LogP contribution in [-0.2, 0) is 0 Å². The molecule has 0 atom stereocenters. The number of halogens is 1. The molecule has 0 aliphatic heterocycles. The van der Waals surface area contributed by atoms with Gasteiger partial charge in [0.2, 0.25) is 5.15 Å². The van der Waals surface area contributed by atoms with Crippen LogP contribution in [0.15, 0.2) is 0 Å². The van der Waals surface area contributed by atoms with Gasteiger partial charge in [-0.25, -0.2) is 4.68 Å². The van der Waals surface area contributed by atoms with Crippen molar-refractivity contribution in [2.45, 2.75) is 19.9 Å². The van der Waals surface area contributed by atoms with Crippen molar-refractivity contribution in [3.63, 3.8) is 0 Å². The predicted molar refractivity (Wildman–Crippen MR) is 42.1 cm³/mol. The maximum atomic E-state index is 10.3. The van der Waals surface area contributed by atoms with E-state index in [2.05, 4.69) is 10.3 Å². The second-order valence-corrected chi connectivity index (χ2v) is 2.86. The third-order valence-electron chi connectivity index (χ3n) is 1.28. The number of rotatable bonds is 2. The Labute approximate surface area is 73.3 Å². The molecule has 1 rings (SSSR count). The molecule has 7 heteroatoms. The van der Waals surface area contributed by atoms with Gasteiger partial charge >= 0.3 is 5.82 Å². The van der Waals surface area contributed by atoms with E-state index in [-0.39, 0.29) is 11.2 Å². The van der Waals surface area contributed by atoms with Crippen LogP contribution < -0.4 is 0 Å². The molecule has 0 N–H and O–H groups in total. The molecule has 0 saturated carbocycles. The Bertz CT molecular complexity index is 308. The first kappa shape index (κ1) is 8.92. The number of nitro groups is 1. The van der Waals surface area contributed by atoms with Gasteiger partial charge in [-0.15, -0.1) is 0 Å². The Morgan fingerprint density at radius 1 is 1.67 bits per heavy atom. The van der Waals surface area contributed by atoms with Crippen LogP contribution in [0.4, 0.5) is 5.82 Å². The number of hydrogen-bond donors (Lipinski definition) is 0. The molecule has 0 fully saturated rings. The van der Waals surface area contributed by atoms with Crippen LogP contribution in [0.2, 0.25) is 5.15 Å². The van der Waals surface area contributed by atoms with Gasteiger partial charge in [-0.05, 0) is 18.8 Å². The van der Waals surface area contributed by atoms with E-state index in [1.807, 2.05) is 13.8 Å². The summed E-state index contributed by atoms with van der Waals surface area (Å²) in [6.45, 7) is 3.62. The fourth-order valence-electron chi connectivity index (χ4n) is 0.715. The maximum Gasteiger partial charge on any atom is 0.429 e. The fourth-order valence-corrected chi connectivity index (χ4v) is 1.05. The van der Waals surface area contributed by atoms with Crippen molar-refractivity contribution < 1.29 is 4.92 Å². The Morgan fingerprint density at radius 2 is 2.25 bits per heavy atom. The van der Waals surface area contributed by atoms with Crippen LogP contribution in [0.25, 0.3) is 0 Å². The van der Waals surface area contributed by atoms with Crippen LogP contribution in [0.1, 0.15) is 19.9 Å². The second-order valence-electron chi connectivity index (χ2n) is 2.50. The minimum absolute atomic E-state index is 0.0290. The topological polar surface area (TPSA) is 73.8 Å². The summed E-state index contributed by atoms with van der Waals surface area (Å²) in [4.78, 5) is 9.60. The molecule has 0 aliphatic rings. The van der Waals surface area contributed by atoms with E-state index < -0.39 is 10.7 Å². The molecule has 0 bridgehead atoms. The van der Waals surface area contributed by atoms with E-state index in [4.69, 9.17) is 11.6 Å². The molecule has 0 unspecified atom stereocenters. The van der Waals surface area contributed by atoms with Crippen molar-refractivity contribution in [2.24, 2.45) is 0 Å². The van der Waals surface area contributed by atoms with Gasteiger partial charge in [-0.3, -0.25) is 0 Å². The minimum Gasteiger partial charge on any atom is -0.358 e. The summed E-state index contributed by atoms with van der Waals surface area (Å²) in [6.07, 6.45) is 0. The van der Waals surface area contributed by atoms with E-state index >= 15 is 0 Å². The molecule has 1 heterocycles. The van der Waals surface area contributed by atoms with Gasteiger partial charge in [0.15, 0.2) is 0 Å².